The lowest BCUT2D eigenvalue weighted by Crippen LogP contribution is -2.25. The van der Waals surface area contributed by atoms with Gasteiger partial charge < -0.3 is 5.32 Å². The van der Waals surface area contributed by atoms with Crippen molar-refractivity contribution in [2.75, 3.05) is 0 Å². The molecule has 1 N–H and O–H groups in total. The molecule has 2 heterocycles. The molecule has 1 aliphatic rings. The minimum atomic E-state index is -0.315. The molecule has 2 nitrogen and oxygen atoms in total. The van der Waals surface area contributed by atoms with Crippen molar-refractivity contribution in [3.05, 3.63) is 235 Å². The van der Waals surface area contributed by atoms with Crippen molar-refractivity contribution in [2.45, 2.75) is 6.17 Å². The first-order valence-corrected chi connectivity index (χ1v) is 23.2. The Morgan fingerprint density at radius 3 is 1.77 bits per heavy atom. The van der Waals surface area contributed by atoms with Crippen molar-refractivity contribution < 1.29 is 0 Å². The van der Waals surface area contributed by atoms with Crippen molar-refractivity contribution in [3.63, 3.8) is 0 Å². The fourth-order valence-corrected chi connectivity index (χ4v) is 11.7. The van der Waals surface area contributed by atoms with Gasteiger partial charge in [0.25, 0.3) is 0 Å². The molecule has 0 bridgehead atoms. The summed E-state index contributed by atoms with van der Waals surface area (Å²) in [6, 6.07) is 78.5. The number of rotatable bonds is 4. The lowest BCUT2D eigenvalue weighted by molar-refractivity contribution is 0.665. The fraction of sp³-hybridized carbons (Fsp3) is 0.0161. The molecule has 0 saturated carbocycles. The van der Waals surface area contributed by atoms with Gasteiger partial charge in [0.1, 0.15) is 6.17 Å². The Labute approximate surface area is 379 Å². The topological polar surface area (TPSA) is 24.4 Å². The molecule has 0 spiro atoms. The van der Waals surface area contributed by atoms with Gasteiger partial charge in [-0.2, -0.15) is 0 Å². The summed E-state index contributed by atoms with van der Waals surface area (Å²) < 4.78 is 2.58. The monoisotopic (exact) mass is 842 g/mol. The molecule has 0 saturated heterocycles. The molecule has 0 aliphatic carbocycles. The predicted molar refractivity (Wildman–Crippen MR) is 281 cm³/mol. The van der Waals surface area contributed by atoms with Crippen LogP contribution in [-0.2, 0) is 0 Å². The van der Waals surface area contributed by atoms with E-state index >= 15 is 0 Å². The number of hydrogen-bond donors (Lipinski definition) is 1. The van der Waals surface area contributed by atoms with Crippen molar-refractivity contribution >= 4 is 118 Å². The van der Waals surface area contributed by atoms with Gasteiger partial charge in [0, 0.05) is 37.0 Å². The number of thiophene rings is 1. The molecule has 14 rings (SSSR count). The van der Waals surface area contributed by atoms with Gasteiger partial charge in [0.05, 0.1) is 5.71 Å². The van der Waals surface area contributed by atoms with Crippen LogP contribution in [0, 0.1) is 0 Å². The summed E-state index contributed by atoms with van der Waals surface area (Å²) in [5.74, 6) is 0. The van der Waals surface area contributed by atoms with Crippen LogP contribution in [0.5, 0.6) is 0 Å². The molecule has 1 aromatic heterocycles. The largest absolute Gasteiger partial charge is 0.360 e. The first-order chi connectivity index (χ1) is 32.1. The summed E-state index contributed by atoms with van der Waals surface area (Å²) in [7, 11) is 0. The molecule has 65 heavy (non-hydrogen) atoms. The number of benzene rings is 12. The van der Waals surface area contributed by atoms with Gasteiger partial charge in [-0.3, -0.25) is 4.99 Å². The summed E-state index contributed by atoms with van der Waals surface area (Å²) >= 11 is 1.90. The van der Waals surface area contributed by atoms with E-state index in [0.717, 1.165) is 28.1 Å². The van der Waals surface area contributed by atoms with E-state index in [1.165, 1.54) is 107 Å². The van der Waals surface area contributed by atoms with E-state index in [2.05, 4.69) is 224 Å². The molecular weight excluding hydrogens is 805 g/mol. The third-order valence-corrected chi connectivity index (χ3v) is 14.9. The Morgan fingerprint density at radius 2 is 0.969 bits per heavy atom. The standard InChI is InChI=1S/C62H38N2S/c1-2-13-39-27-45(24-21-37(39)11-1)58-36-59(64-62(63-58)46-25-26-50-44(29-46)23-22-38-12-7-8-18-49(38)50)48-33-56(61-57(34-48)55-31-42-16-5-6-17-43(42)35-60(55)65-61)54-32-47-28-40-14-3-4-15-41(40)30-53(47)51-19-9-10-20-52(51)54/h1-36,62,64H. The highest BCUT2D eigenvalue weighted by atomic mass is 32.1. The van der Waals surface area contributed by atoms with Gasteiger partial charge in [-0.15, -0.1) is 11.3 Å². The van der Waals surface area contributed by atoms with Crippen molar-refractivity contribution in [1.82, 2.24) is 5.32 Å². The molecule has 0 amide bonds. The molecule has 302 valence electrons. The first-order valence-electron chi connectivity index (χ1n) is 22.4. The van der Waals surface area contributed by atoms with Gasteiger partial charge in [0.2, 0.25) is 0 Å². The molecule has 12 aromatic carbocycles. The maximum atomic E-state index is 5.52. The molecular formula is C62H38N2S. The van der Waals surface area contributed by atoms with Crippen molar-refractivity contribution in [3.8, 4) is 11.1 Å². The fourth-order valence-electron chi connectivity index (χ4n) is 10.5. The maximum absolute atomic E-state index is 5.52. The van der Waals surface area contributed by atoms with E-state index in [1.54, 1.807) is 0 Å². The number of hydrogen-bond acceptors (Lipinski definition) is 3. The minimum absolute atomic E-state index is 0.315. The number of allylic oxidation sites excluding steroid dienone is 1. The molecule has 3 heteroatoms. The van der Waals surface area contributed by atoms with Gasteiger partial charge in [-0.05, 0) is 153 Å². The third-order valence-electron chi connectivity index (χ3n) is 13.7. The van der Waals surface area contributed by atoms with Gasteiger partial charge in [-0.25, -0.2) is 0 Å². The van der Waals surface area contributed by atoms with Crippen LogP contribution < -0.4 is 5.32 Å². The van der Waals surface area contributed by atoms with Crippen LogP contribution in [0.25, 0.3) is 112 Å². The lowest BCUT2D eigenvalue weighted by Gasteiger charge is -2.26. The normalized spacial score (nSPS) is 14.3. The van der Waals surface area contributed by atoms with Crippen LogP contribution in [0.4, 0.5) is 0 Å². The molecule has 1 aliphatic heterocycles. The van der Waals surface area contributed by atoms with Crippen LogP contribution in [0.1, 0.15) is 22.9 Å². The van der Waals surface area contributed by atoms with Crippen LogP contribution in [-0.4, -0.2) is 5.71 Å². The Morgan fingerprint density at radius 1 is 0.354 bits per heavy atom. The predicted octanol–water partition coefficient (Wildman–Crippen LogP) is 16.9. The van der Waals surface area contributed by atoms with Crippen LogP contribution in [0.15, 0.2) is 223 Å². The number of fused-ring (bicyclic) bond motifs is 12. The summed E-state index contributed by atoms with van der Waals surface area (Å²) in [5, 5.41) is 24.0. The number of aliphatic imine (C=N–C) groups is 1. The number of nitrogens with zero attached hydrogens (tertiary/aromatic N) is 1. The van der Waals surface area contributed by atoms with Gasteiger partial charge in [0.15, 0.2) is 0 Å². The SMILES string of the molecule is C1=C(c2cc(-c3cc4cc5ccccc5cc4c4ccccc34)c3sc4cc5ccccc5cc4c3c2)NC(c2ccc3c(ccc4ccccc43)c2)N=C1c1ccc2ccccc2c1. The molecule has 0 radical (unpaired) electrons. The third kappa shape index (κ3) is 5.90. The van der Waals surface area contributed by atoms with Crippen molar-refractivity contribution in [2.24, 2.45) is 4.99 Å². The van der Waals surface area contributed by atoms with E-state index in [1.807, 2.05) is 11.3 Å². The average molecular weight is 843 g/mol. The molecule has 1 unspecified atom stereocenters. The summed E-state index contributed by atoms with van der Waals surface area (Å²) in [5.41, 5.74) is 7.84. The van der Waals surface area contributed by atoms with E-state index in [9.17, 15) is 0 Å². The summed E-state index contributed by atoms with van der Waals surface area (Å²) in [6.45, 7) is 0. The van der Waals surface area contributed by atoms with Gasteiger partial charge in [-0.1, -0.05) is 158 Å². The Kier molecular flexibility index (Phi) is 7.95. The first kappa shape index (κ1) is 36.4. The maximum Gasteiger partial charge on any atom is 0.145 e. The Balaban J connectivity index is 1.02. The zero-order valence-corrected chi connectivity index (χ0v) is 36.0. The quantitative estimate of drug-likeness (QED) is 0.139. The second-order valence-corrected chi connectivity index (χ2v) is 18.6. The van der Waals surface area contributed by atoms with E-state index in [-0.39, 0.29) is 6.17 Å². The highest BCUT2D eigenvalue weighted by Crippen LogP contribution is 2.47. The lowest BCUT2D eigenvalue weighted by atomic mass is 9.89. The van der Waals surface area contributed by atoms with Crippen LogP contribution in [0.2, 0.25) is 0 Å². The molecule has 13 aromatic rings. The van der Waals surface area contributed by atoms with E-state index in [0.29, 0.717) is 0 Å². The zero-order valence-electron chi connectivity index (χ0n) is 35.2. The van der Waals surface area contributed by atoms with E-state index < -0.39 is 0 Å². The minimum Gasteiger partial charge on any atom is -0.360 e. The van der Waals surface area contributed by atoms with Crippen LogP contribution in [0.3, 0.4) is 0 Å². The average Bonchev–Trinajstić information content (AvgIpc) is 3.73. The highest BCUT2D eigenvalue weighted by Gasteiger charge is 2.24. The highest BCUT2D eigenvalue weighted by molar-refractivity contribution is 7.26. The molecule has 0 fully saturated rings. The van der Waals surface area contributed by atoms with Crippen LogP contribution >= 0.6 is 11.3 Å². The second-order valence-electron chi connectivity index (χ2n) is 17.5. The smallest absolute Gasteiger partial charge is 0.145 e. The van der Waals surface area contributed by atoms with Gasteiger partial charge >= 0.3 is 0 Å². The Bertz CT molecular complexity index is 4230. The zero-order chi connectivity index (χ0) is 42.6. The second kappa shape index (κ2) is 14.2. The van der Waals surface area contributed by atoms with E-state index in [4.69, 9.17) is 4.99 Å². The summed E-state index contributed by atoms with van der Waals surface area (Å²) in [6.07, 6.45) is 1.96. The number of nitrogens with one attached hydrogen (secondary N) is 1. The molecule has 1 atom stereocenters. The summed E-state index contributed by atoms with van der Waals surface area (Å²) in [4.78, 5) is 5.52. The van der Waals surface area contributed by atoms with Crippen molar-refractivity contribution in [1.29, 1.82) is 0 Å². The Hall–Kier alpha value is -8.11.